The van der Waals surface area contributed by atoms with Crippen molar-refractivity contribution in [3.63, 3.8) is 0 Å². The van der Waals surface area contributed by atoms with Crippen LogP contribution in [0.3, 0.4) is 0 Å². The zero-order valence-corrected chi connectivity index (χ0v) is 15.4. The summed E-state index contributed by atoms with van der Waals surface area (Å²) < 4.78 is 19.5. The highest BCUT2D eigenvalue weighted by Crippen LogP contribution is 2.29. The predicted octanol–water partition coefficient (Wildman–Crippen LogP) is 4.39. The van der Waals surface area contributed by atoms with Crippen molar-refractivity contribution in [1.82, 2.24) is 9.97 Å². The fourth-order valence-electron chi connectivity index (χ4n) is 2.65. The van der Waals surface area contributed by atoms with Crippen LogP contribution in [0.25, 0.3) is 0 Å². The van der Waals surface area contributed by atoms with Crippen molar-refractivity contribution < 1.29 is 9.13 Å². The van der Waals surface area contributed by atoms with Crippen LogP contribution in [-0.2, 0) is 4.74 Å². The maximum absolute atomic E-state index is 13.2. The zero-order chi connectivity index (χ0) is 17.1. The standard InChI is InChI=1S/C16H17BrClFN4O/c1-24-11-4-6-23(7-5-11)15-12(17)9-20-16(22-15)21-10-2-3-14(19)13(18)8-10/h2-3,8-9,11H,4-7H2,1H3,(H,20,21,22). The van der Waals surface area contributed by atoms with Crippen molar-refractivity contribution >= 4 is 45.0 Å². The Morgan fingerprint density at radius 1 is 1.38 bits per heavy atom. The molecule has 2 aromatic rings. The van der Waals surface area contributed by atoms with E-state index in [9.17, 15) is 4.39 Å². The van der Waals surface area contributed by atoms with E-state index in [1.807, 2.05) is 0 Å². The number of nitrogens with one attached hydrogen (secondary N) is 1. The lowest BCUT2D eigenvalue weighted by Crippen LogP contribution is -2.37. The van der Waals surface area contributed by atoms with Crippen LogP contribution in [0, 0.1) is 5.82 Å². The molecule has 128 valence electrons. The minimum atomic E-state index is -0.458. The van der Waals surface area contributed by atoms with Gasteiger partial charge in [0.05, 0.1) is 15.6 Å². The summed E-state index contributed by atoms with van der Waals surface area (Å²) in [7, 11) is 1.75. The molecule has 0 saturated carbocycles. The van der Waals surface area contributed by atoms with Crippen LogP contribution in [0.5, 0.6) is 0 Å². The van der Waals surface area contributed by atoms with Crippen molar-refractivity contribution in [2.45, 2.75) is 18.9 Å². The van der Waals surface area contributed by atoms with E-state index < -0.39 is 5.82 Å². The van der Waals surface area contributed by atoms with Gasteiger partial charge in [0.15, 0.2) is 0 Å². The number of piperidine rings is 1. The Kier molecular flexibility index (Phi) is 5.53. The van der Waals surface area contributed by atoms with Gasteiger partial charge in [0, 0.05) is 32.1 Å². The molecule has 2 heterocycles. The van der Waals surface area contributed by atoms with Gasteiger partial charge in [-0.25, -0.2) is 9.37 Å². The molecule has 0 radical (unpaired) electrons. The number of hydrogen-bond acceptors (Lipinski definition) is 5. The van der Waals surface area contributed by atoms with E-state index in [0.29, 0.717) is 17.7 Å². The normalized spacial score (nSPS) is 15.6. The lowest BCUT2D eigenvalue weighted by Gasteiger charge is -2.32. The van der Waals surface area contributed by atoms with E-state index in [2.05, 4.69) is 36.1 Å². The minimum absolute atomic E-state index is 0.0546. The molecule has 1 fully saturated rings. The second-order valence-corrected chi connectivity index (χ2v) is 6.80. The summed E-state index contributed by atoms with van der Waals surface area (Å²) in [5.41, 5.74) is 0.632. The number of hydrogen-bond donors (Lipinski definition) is 1. The van der Waals surface area contributed by atoms with Crippen molar-refractivity contribution in [2.75, 3.05) is 30.4 Å². The van der Waals surface area contributed by atoms with E-state index >= 15 is 0 Å². The Bertz CT molecular complexity index is 725. The Balaban J connectivity index is 1.77. The quantitative estimate of drug-likeness (QED) is 0.802. The Morgan fingerprint density at radius 2 is 2.12 bits per heavy atom. The Labute approximate surface area is 153 Å². The van der Waals surface area contributed by atoms with Crippen LogP contribution in [-0.4, -0.2) is 36.3 Å². The summed E-state index contributed by atoms with van der Waals surface area (Å²) in [6.07, 6.45) is 3.94. The summed E-state index contributed by atoms with van der Waals surface area (Å²) in [5, 5.41) is 3.11. The third-order valence-electron chi connectivity index (χ3n) is 3.98. The monoisotopic (exact) mass is 414 g/mol. The van der Waals surface area contributed by atoms with Crippen LogP contribution in [0.15, 0.2) is 28.9 Å². The van der Waals surface area contributed by atoms with Crippen LogP contribution in [0.4, 0.5) is 21.8 Å². The van der Waals surface area contributed by atoms with Gasteiger partial charge in [-0.2, -0.15) is 4.98 Å². The second-order valence-electron chi connectivity index (χ2n) is 5.54. The van der Waals surface area contributed by atoms with Crippen molar-refractivity contribution in [2.24, 2.45) is 0 Å². The Hall–Kier alpha value is -1.44. The van der Waals surface area contributed by atoms with Gasteiger partial charge in [0.25, 0.3) is 0 Å². The average molecular weight is 416 g/mol. The number of halogens is 3. The lowest BCUT2D eigenvalue weighted by molar-refractivity contribution is 0.0818. The first-order valence-electron chi connectivity index (χ1n) is 7.59. The van der Waals surface area contributed by atoms with Crippen molar-refractivity contribution in [3.05, 3.63) is 39.7 Å². The van der Waals surface area contributed by atoms with Gasteiger partial charge in [0.2, 0.25) is 5.95 Å². The smallest absolute Gasteiger partial charge is 0.229 e. The van der Waals surface area contributed by atoms with E-state index in [1.165, 1.54) is 12.1 Å². The van der Waals surface area contributed by atoms with Gasteiger partial charge in [-0.05, 0) is 47.0 Å². The van der Waals surface area contributed by atoms with E-state index in [1.54, 1.807) is 19.4 Å². The summed E-state index contributed by atoms with van der Waals surface area (Å²) >= 11 is 9.31. The SMILES string of the molecule is COC1CCN(c2nc(Nc3ccc(F)c(Cl)c3)ncc2Br)CC1. The molecule has 8 heteroatoms. The van der Waals surface area contributed by atoms with Gasteiger partial charge >= 0.3 is 0 Å². The number of ether oxygens (including phenoxy) is 1. The molecule has 0 atom stereocenters. The maximum Gasteiger partial charge on any atom is 0.229 e. The lowest BCUT2D eigenvalue weighted by atomic mass is 10.1. The zero-order valence-electron chi connectivity index (χ0n) is 13.1. The number of benzene rings is 1. The molecule has 1 aromatic heterocycles. The minimum Gasteiger partial charge on any atom is -0.381 e. The molecule has 0 aliphatic carbocycles. The molecular weight excluding hydrogens is 399 g/mol. The first-order valence-corrected chi connectivity index (χ1v) is 8.76. The molecule has 1 aliphatic heterocycles. The van der Waals surface area contributed by atoms with E-state index in [0.717, 1.165) is 36.2 Å². The molecule has 0 unspecified atom stereocenters. The second kappa shape index (κ2) is 7.63. The third-order valence-corrected chi connectivity index (χ3v) is 4.83. The Morgan fingerprint density at radius 3 is 2.79 bits per heavy atom. The summed E-state index contributed by atoms with van der Waals surface area (Å²) in [5.74, 6) is 0.806. The van der Waals surface area contributed by atoms with Gasteiger partial charge < -0.3 is 15.0 Å². The number of aromatic nitrogens is 2. The maximum atomic E-state index is 13.2. The molecule has 0 spiro atoms. The first-order chi connectivity index (χ1) is 11.6. The number of methoxy groups -OCH3 is 1. The summed E-state index contributed by atoms with van der Waals surface area (Å²) in [6.45, 7) is 1.74. The van der Waals surface area contributed by atoms with Crippen LogP contribution in [0.2, 0.25) is 5.02 Å². The average Bonchev–Trinajstić information content (AvgIpc) is 2.60. The number of anilines is 3. The van der Waals surface area contributed by atoms with Crippen molar-refractivity contribution in [1.29, 1.82) is 0 Å². The molecule has 1 N–H and O–H groups in total. The molecule has 1 aliphatic rings. The van der Waals surface area contributed by atoms with E-state index in [4.69, 9.17) is 16.3 Å². The topological polar surface area (TPSA) is 50.3 Å². The molecule has 24 heavy (non-hydrogen) atoms. The van der Waals surface area contributed by atoms with Gasteiger partial charge in [-0.15, -0.1) is 0 Å². The predicted molar refractivity (Wildman–Crippen MR) is 96.7 cm³/mol. The molecule has 0 amide bonds. The number of rotatable bonds is 4. The van der Waals surface area contributed by atoms with Crippen LogP contribution < -0.4 is 10.2 Å². The van der Waals surface area contributed by atoms with Gasteiger partial charge in [-0.1, -0.05) is 11.6 Å². The van der Waals surface area contributed by atoms with Crippen LogP contribution in [0.1, 0.15) is 12.8 Å². The highest BCUT2D eigenvalue weighted by atomic mass is 79.9. The van der Waals surface area contributed by atoms with E-state index in [-0.39, 0.29) is 5.02 Å². The molecule has 1 saturated heterocycles. The van der Waals surface area contributed by atoms with Gasteiger partial charge in [0.1, 0.15) is 11.6 Å². The van der Waals surface area contributed by atoms with Gasteiger partial charge in [-0.3, -0.25) is 0 Å². The molecule has 1 aromatic carbocycles. The fourth-order valence-corrected chi connectivity index (χ4v) is 3.27. The largest absolute Gasteiger partial charge is 0.381 e. The molecule has 0 bridgehead atoms. The fraction of sp³-hybridized carbons (Fsp3) is 0.375. The molecule has 5 nitrogen and oxygen atoms in total. The molecular formula is C16H17BrClFN4O. The summed E-state index contributed by atoms with van der Waals surface area (Å²) in [4.78, 5) is 11.0. The third kappa shape index (κ3) is 3.96. The summed E-state index contributed by atoms with van der Waals surface area (Å²) in [6, 6.07) is 4.41. The highest BCUT2D eigenvalue weighted by molar-refractivity contribution is 9.10. The molecule has 3 rings (SSSR count). The first kappa shape index (κ1) is 17.4. The number of nitrogens with zero attached hydrogens (tertiary/aromatic N) is 3. The highest BCUT2D eigenvalue weighted by Gasteiger charge is 2.22. The van der Waals surface area contributed by atoms with Crippen LogP contribution >= 0.6 is 27.5 Å². The van der Waals surface area contributed by atoms with Crippen molar-refractivity contribution in [3.8, 4) is 0 Å².